The van der Waals surface area contributed by atoms with E-state index in [2.05, 4.69) is 10.2 Å². The van der Waals surface area contributed by atoms with E-state index in [0.717, 1.165) is 12.8 Å². The molecule has 1 fully saturated rings. The largest absolute Gasteiger partial charge is 0.164 e. The quantitative estimate of drug-likeness (QED) is 0.422. The van der Waals surface area contributed by atoms with Crippen molar-refractivity contribution in [2.45, 2.75) is 51.9 Å². The van der Waals surface area contributed by atoms with Gasteiger partial charge in [-0.05, 0) is 32.6 Å². The van der Waals surface area contributed by atoms with Crippen molar-refractivity contribution in [2.24, 2.45) is 10.2 Å². The fourth-order valence-electron chi connectivity index (χ4n) is 1.55. The van der Waals surface area contributed by atoms with Gasteiger partial charge in [0, 0.05) is 11.9 Å². The molecule has 1 rings (SSSR count). The Labute approximate surface area is 74.8 Å². The van der Waals surface area contributed by atoms with Crippen molar-refractivity contribution in [3.63, 3.8) is 0 Å². The molecule has 0 aromatic heterocycles. The van der Waals surface area contributed by atoms with E-state index in [-0.39, 0.29) is 0 Å². The van der Waals surface area contributed by atoms with E-state index in [4.69, 9.17) is 0 Å². The van der Waals surface area contributed by atoms with Crippen molar-refractivity contribution in [2.75, 3.05) is 0 Å². The van der Waals surface area contributed by atoms with Crippen LogP contribution in [0.25, 0.3) is 0 Å². The molecule has 2 nitrogen and oxygen atoms in total. The molecule has 0 saturated heterocycles. The van der Waals surface area contributed by atoms with E-state index in [0.29, 0.717) is 0 Å². The highest BCUT2D eigenvalue weighted by Gasteiger charge is 2.03. The van der Waals surface area contributed by atoms with E-state index >= 15 is 0 Å². The molecule has 0 heterocycles. The van der Waals surface area contributed by atoms with Gasteiger partial charge in [-0.2, -0.15) is 10.2 Å². The fourth-order valence-corrected chi connectivity index (χ4v) is 1.55. The van der Waals surface area contributed by atoms with Crippen molar-refractivity contribution in [1.82, 2.24) is 0 Å². The van der Waals surface area contributed by atoms with Gasteiger partial charge in [0.1, 0.15) is 0 Å². The van der Waals surface area contributed by atoms with Gasteiger partial charge >= 0.3 is 0 Å². The van der Waals surface area contributed by atoms with Crippen LogP contribution in [0.1, 0.15) is 51.9 Å². The van der Waals surface area contributed by atoms with E-state index in [9.17, 15) is 0 Å². The summed E-state index contributed by atoms with van der Waals surface area (Å²) in [6.45, 7) is 1.91. The molecule has 1 saturated carbocycles. The normalized spacial score (nSPS) is 20.6. The predicted octanol–water partition coefficient (Wildman–Crippen LogP) is 3.18. The molecule has 1 aliphatic carbocycles. The molecule has 12 heavy (non-hydrogen) atoms. The van der Waals surface area contributed by atoms with Crippen LogP contribution >= 0.6 is 0 Å². The monoisotopic (exact) mass is 166 g/mol. The lowest BCUT2D eigenvalue weighted by atomic mass is 9.99. The fraction of sp³-hybridized carbons (Fsp3) is 0.800. The first kappa shape index (κ1) is 9.43. The summed E-state index contributed by atoms with van der Waals surface area (Å²) in [5.41, 5.74) is 1.30. The lowest BCUT2D eigenvalue weighted by Crippen LogP contribution is -2.01. The third-order valence-electron chi connectivity index (χ3n) is 2.25. The molecule has 0 bridgehead atoms. The van der Waals surface area contributed by atoms with Crippen LogP contribution in [0.4, 0.5) is 0 Å². The summed E-state index contributed by atoms with van der Waals surface area (Å²) < 4.78 is 0. The zero-order valence-electron chi connectivity index (χ0n) is 7.92. The highest BCUT2D eigenvalue weighted by molar-refractivity contribution is 5.84. The molecular formula is C10H18N2. The number of rotatable bonds is 1. The summed E-state index contributed by atoms with van der Waals surface area (Å²) in [5.74, 6) is 0. The van der Waals surface area contributed by atoms with Crippen LogP contribution in [0.5, 0.6) is 0 Å². The molecule has 68 valence electrons. The molecule has 0 amide bonds. The smallest absolute Gasteiger partial charge is 0.0405 e. The Hall–Kier alpha value is -0.660. The molecule has 0 aliphatic heterocycles. The van der Waals surface area contributed by atoms with Crippen LogP contribution in [0, 0.1) is 0 Å². The van der Waals surface area contributed by atoms with Gasteiger partial charge in [0.05, 0.1) is 0 Å². The third kappa shape index (κ3) is 3.65. The molecule has 0 aromatic rings. The molecule has 0 aromatic carbocycles. The van der Waals surface area contributed by atoms with Gasteiger partial charge in [-0.1, -0.05) is 19.3 Å². The van der Waals surface area contributed by atoms with Crippen LogP contribution in [0.2, 0.25) is 0 Å². The average Bonchev–Trinajstić information content (AvgIpc) is 2.02. The van der Waals surface area contributed by atoms with Gasteiger partial charge in [-0.25, -0.2) is 0 Å². The Bertz CT molecular complexity index is 161. The lowest BCUT2D eigenvalue weighted by molar-refractivity contribution is 0.605. The number of hydrogen-bond donors (Lipinski definition) is 0. The third-order valence-corrected chi connectivity index (χ3v) is 2.25. The highest BCUT2D eigenvalue weighted by Crippen LogP contribution is 2.14. The first-order valence-electron chi connectivity index (χ1n) is 4.97. The SMILES string of the molecule is C/C=N/N=C1CCCCCCC1. The lowest BCUT2D eigenvalue weighted by Gasteiger charge is -2.08. The zero-order chi connectivity index (χ0) is 8.65. The van der Waals surface area contributed by atoms with Crippen LogP contribution in [0.3, 0.4) is 0 Å². The Morgan fingerprint density at radius 2 is 1.58 bits per heavy atom. The molecular weight excluding hydrogens is 148 g/mol. The Kier molecular flexibility index (Phi) is 4.65. The number of nitrogens with zero attached hydrogens (tertiary/aromatic N) is 2. The summed E-state index contributed by atoms with van der Waals surface area (Å²) >= 11 is 0. The molecule has 0 N–H and O–H groups in total. The maximum atomic E-state index is 4.19. The van der Waals surface area contributed by atoms with Gasteiger partial charge in [0.2, 0.25) is 0 Å². The van der Waals surface area contributed by atoms with Crippen molar-refractivity contribution >= 4 is 11.9 Å². The summed E-state index contributed by atoms with van der Waals surface area (Å²) in [6.07, 6.45) is 10.8. The van der Waals surface area contributed by atoms with Crippen molar-refractivity contribution in [3.8, 4) is 0 Å². The van der Waals surface area contributed by atoms with E-state index < -0.39 is 0 Å². The summed E-state index contributed by atoms with van der Waals surface area (Å²) in [4.78, 5) is 0. The van der Waals surface area contributed by atoms with E-state index in [1.54, 1.807) is 6.21 Å². The maximum Gasteiger partial charge on any atom is 0.0405 e. The van der Waals surface area contributed by atoms with Crippen LogP contribution < -0.4 is 0 Å². The van der Waals surface area contributed by atoms with Crippen LogP contribution in [-0.4, -0.2) is 11.9 Å². The standard InChI is InChI=1S/C10H18N2/c1-2-11-12-10-8-6-4-3-5-7-9-10/h2H,3-9H2,1H3/b11-2+. The minimum atomic E-state index is 1.16. The minimum absolute atomic E-state index is 1.16. The second-order valence-corrected chi connectivity index (χ2v) is 3.31. The van der Waals surface area contributed by atoms with Crippen molar-refractivity contribution in [3.05, 3.63) is 0 Å². The van der Waals surface area contributed by atoms with Crippen molar-refractivity contribution in [1.29, 1.82) is 0 Å². The Balaban J connectivity index is 2.38. The summed E-state index contributed by atoms with van der Waals surface area (Å²) in [7, 11) is 0. The van der Waals surface area contributed by atoms with E-state index in [1.165, 1.54) is 37.8 Å². The van der Waals surface area contributed by atoms with Gasteiger partial charge < -0.3 is 0 Å². The second kappa shape index (κ2) is 5.92. The van der Waals surface area contributed by atoms with E-state index in [1.807, 2.05) is 6.92 Å². The first-order chi connectivity index (χ1) is 5.93. The zero-order valence-corrected chi connectivity index (χ0v) is 7.92. The minimum Gasteiger partial charge on any atom is -0.164 e. The van der Waals surface area contributed by atoms with Crippen LogP contribution in [0.15, 0.2) is 10.2 Å². The molecule has 0 atom stereocenters. The van der Waals surface area contributed by atoms with Gasteiger partial charge in [0.25, 0.3) is 0 Å². The molecule has 2 heteroatoms. The maximum absolute atomic E-state index is 4.19. The topological polar surface area (TPSA) is 24.7 Å². The predicted molar refractivity (Wildman–Crippen MR) is 53.9 cm³/mol. The Morgan fingerprint density at radius 3 is 2.17 bits per heavy atom. The Morgan fingerprint density at radius 1 is 1.00 bits per heavy atom. The second-order valence-electron chi connectivity index (χ2n) is 3.31. The van der Waals surface area contributed by atoms with Crippen LogP contribution in [-0.2, 0) is 0 Å². The molecule has 0 spiro atoms. The van der Waals surface area contributed by atoms with Gasteiger partial charge in [-0.15, -0.1) is 0 Å². The molecule has 0 unspecified atom stereocenters. The van der Waals surface area contributed by atoms with Gasteiger partial charge in [0.15, 0.2) is 0 Å². The highest BCUT2D eigenvalue weighted by atomic mass is 15.2. The number of hydrogen-bond acceptors (Lipinski definition) is 2. The molecule has 1 aliphatic rings. The summed E-state index contributed by atoms with van der Waals surface area (Å²) in [6, 6.07) is 0. The molecule has 0 radical (unpaired) electrons. The summed E-state index contributed by atoms with van der Waals surface area (Å²) in [5, 5.41) is 8.12. The van der Waals surface area contributed by atoms with Crippen molar-refractivity contribution < 1.29 is 0 Å². The average molecular weight is 166 g/mol. The first-order valence-corrected chi connectivity index (χ1v) is 4.97. The van der Waals surface area contributed by atoms with Gasteiger partial charge in [-0.3, -0.25) is 0 Å².